The second kappa shape index (κ2) is 11.0. The third kappa shape index (κ3) is 4.78. The van der Waals surface area contributed by atoms with Crippen molar-refractivity contribution in [3.05, 3.63) is 119 Å². The van der Waals surface area contributed by atoms with E-state index in [4.69, 9.17) is 25.9 Å². The Labute approximate surface area is 237 Å². The molecule has 6 rings (SSSR count). The molecule has 2 aliphatic rings. The number of imide groups is 1. The number of benzene rings is 4. The van der Waals surface area contributed by atoms with E-state index in [1.165, 1.54) is 4.90 Å². The van der Waals surface area contributed by atoms with Gasteiger partial charge in [0.15, 0.2) is 17.6 Å². The molecule has 4 aromatic carbocycles. The van der Waals surface area contributed by atoms with E-state index < -0.39 is 24.0 Å². The van der Waals surface area contributed by atoms with Crippen molar-refractivity contribution in [1.82, 2.24) is 0 Å². The highest BCUT2D eigenvalue weighted by Crippen LogP contribution is 2.48. The lowest BCUT2D eigenvalue weighted by atomic mass is 9.90. The zero-order chi connectivity index (χ0) is 27.6. The van der Waals surface area contributed by atoms with Crippen molar-refractivity contribution in [3.8, 4) is 11.5 Å². The normalized spacial score (nSPS) is 20.1. The minimum atomic E-state index is -0.974. The van der Waals surface area contributed by atoms with Crippen LogP contribution in [0.25, 0.3) is 0 Å². The first-order valence-corrected chi connectivity index (χ1v) is 13.5. The number of hydrogen-bond donors (Lipinski definition) is 0. The van der Waals surface area contributed by atoms with Gasteiger partial charge in [0.2, 0.25) is 5.91 Å². The number of carbonyl (C=O) groups excluding carboxylic acids is 2. The van der Waals surface area contributed by atoms with Crippen molar-refractivity contribution in [2.45, 2.75) is 25.7 Å². The lowest BCUT2D eigenvalue weighted by Crippen LogP contribution is -2.37. The summed E-state index contributed by atoms with van der Waals surface area (Å²) in [6.45, 7) is 2.72. The van der Waals surface area contributed by atoms with E-state index in [1.54, 1.807) is 29.3 Å². The molecule has 2 saturated heterocycles. The lowest BCUT2D eigenvalue weighted by Gasteiger charge is -2.29. The number of hydroxylamine groups is 1. The number of fused-ring (bicyclic) bond motifs is 1. The van der Waals surface area contributed by atoms with Crippen LogP contribution in [-0.4, -0.2) is 24.5 Å². The fraction of sp³-hybridized carbons (Fsp3) is 0.188. The summed E-state index contributed by atoms with van der Waals surface area (Å²) in [4.78, 5) is 34.9. The van der Waals surface area contributed by atoms with Gasteiger partial charge in [0.1, 0.15) is 12.5 Å². The van der Waals surface area contributed by atoms with Gasteiger partial charge in [0.05, 0.1) is 24.0 Å². The predicted octanol–water partition coefficient (Wildman–Crippen LogP) is 6.37. The summed E-state index contributed by atoms with van der Waals surface area (Å²) in [6, 6.07) is 31.0. The molecule has 8 heteroatoms. The van der Waals surface area contributed by atoms with Crippen LogP contribution in [0.15, 0.2) is 103 Å². The van der Waals surface area contributed by atoms with Gasteiger partial charge >= 0.3 is 0 Å². The number of nitrogens with zero attached hydrogens (tertiary/aromatic N) is 2. The van der Waals surface area contributed by atoms with Gasteiger partial charge in [-0.3, -0.25) is 14.4 Å². The summed E-state index contributed by atoms with van der Waals surface area (Å²) in [7, 11) is 0. The molecule has 0 N–H and O–H groups in total. The number of anilines is 2. The number of para-hydroxylation sites is 1. The van der Waals surface area contributed by atoms with Crippen LogP contribution in [0.2, 0.25) is 5.02 Å². The molecule has 0 aromatic heterocycles. The van der Waals surface area contributed by atoms with E-state index in [0.717, 1.165) is 16.8 Å². The maximum absolute atomic E-state index is 13.9. The molecule has 4 aromatic rings. The largest absolute Gasteiger partial charge is 0.490 e. The molecule has 2 heterocycles. The van der Waals surface area contributed by atoms with Crippen LogP contribution < -0.4 is 19.4 Å². The molecule has 0 spiro atoms. The molecule has 40 heavy (non-hydrogen) atoms. The van der Waals surface area contributed by atoms with Crippen molar-refractivity contribution in [1.29, 1.82) is 0 Å². The zero-order valence-electron chi connectivity index (χ0n) is 21.8. The smallest absolute Gasteiger partial charge is 0.266 e. The highest BCUT2D eigenvalue weighted by molar-refractivity contribution is 6.31. The Bertz CT molecular complexity index is 1510. The minimum Gasteiger partial charge on any atom is -0.490 e. The minimum absolute atomic E-state index is 0.330. The van der Waals surface area contributed by atoms with Crippen molar-refractivity contribution in [2.75, 3.05) is 16.6 Å². The molecule has 202 valence electrons. The van der Waals surface area contributed by atoms with E-state index >= 15 is 0 Å². The second-order valence-electron chi connectivity index (χ2n) is 9.56. The molecule has 2 amide bonds. The van der Waals surface area contributed by atoms with Crippen LogP contribution in [-0.2, 0) is 21.0 Å². The van der Waals surface area contributed by atoms with Gasteiger partial charge in [-0.15, -0.1) is 0 Å². The third-order valence-corrected chi connectivity index (χ3v) is 7.31. The van der Waals surface area contributed by atoms with E-state index in [9.17, 15) is 9.59 Å². The summed E-state index contributed by atoms with van der Waals surface area (Å²) in [5.41, 5.74) is 3.00. The van der Waals surface area contributed by atoms with Crippen LogP contribution in [0.4, 0.5) is 11.4 Å². The molecule has 7 nitrogen and oxygen atoms in total. The van der Waals surface area contributed by atoms with Gasteiger partial charge in [-0.05, 0) is 66.6 Å². The van der Waals surface area contributed by atoms with Crippen LogP contribution in [0.1, 0.15) is 24.1 Å². The molecule has 0 unspecified atom stereocenters. The van der Waals surface area contributed by atoms with E-state index in [0.29, 0.717) is 35.4 Å². The number of ether oxygens (including phenoxy) is 2. The molecular formula is C32H27ClN2O5. The maximum Gasteiger partial charge on any atom is 0.266 e. The summed E-state index contributed by atoms with van der Waals surface area (Å²) in [5, 5.41) is 2.19. The highest BCUT2D eigenvalue weighted by atomic mass is 35.5. The average Bonchev–Trinajstić information content (AvgIpc) is 3.49. The Morgan fingerprint density at radius 3 is 2.17 bits per heavy atom. The quantitative estimate of drug-likeness (QED) is 0.236. The Morgan fingerprint density at radius 2 is 1.48 bits per heavy atom. The average molecular weight is 555 g/mol. The van der Waals surface area contributed by atoms with E-state index in [-0.39, 0.29) is 5.91 Å². The molecule has 0 saturated carbocycles. The SMILES string of the molecule is CCOc1cc([C@H]2[C@@H]3C(=O)N(c4ccc(Cl)cc4)C(=O)[C@H]3ON2c2ccccc2)ccc1OCc1ccccc1. The standard InChI is InChI=1S/C32H27ClN2O5/c1-2-38-27-19-22(13-18-26(27)39-20-21-9-5-3-6-10-21)29-28-30(40-35(29)25-11-7-4-8-12-25)32(37)34(31(28)36)24-16-14-23(33)15-17-24/h3-19,28-30H,2,20H2,1H3/t28-,29-,30-/m0/s1. The van der Waals surface area contributed by atoms with Crippen LogP contribution >= 0.6 is 11.6 Å². The summed E-state index contributed by atoms with van der Waals surface area (Å²) < 4.78 is 12.1. The molecular weight excluding hydrogens is 528 g/mol. The van der Waals surface area contributed by atoms with Gasteiger partial charge in [0.25, 0.3) is 5.91 Å². The first-order valence-electron chi connectivity index (χ1n) is 13.1. The Balaban J connectivity index is 1.37. The molecule has 2 fully saturated rings. The van der Waals surface area contributed by atoms with Gasteiger partial charge in [-0.2, -0.15) is 0 Å². The van der Waals surface area contributed by atoms with Crippen LogP contribution in [0, 0.1) is 5.92 Å². The predicted molar refractivity (Wildman–Crippen MR) is 152 cm³/mol. The van der Waals surface area contributed by atoms with Crippen molar-refractivity contribution in [3.63, 3.8) is 0 Å². The number of halogens is 1. The van der Waals surface area contributed by atoms with Crippen molar-refractivity contribution < 1.29 is 23.9 Å². The Kier molecular flexibility index (Phi) is 7.15. The Morgan fingerprint density at radius 1 is 0.775 bits per heavy atom. The monoisotopic (exact) mass is 554 g/mol. The van der Waals surface area contributed by atoms with Crippen LogP contribution in [0.5, 0.6) is 11.5 Å². The number of hydrogen-bond acceptors (Lipinski definition) is 6. The summed E-state index contributed by atoms with van der Waals surface area (Å²) >= 11 is 6.05. The van der Waals surface area contributed by atoms with Crippen LogP contribution in [0.3, 0.4) is 0 Å². The molecule has 0 radical (unpaired) electrons. The van der Waals surface area contributed by atoms with Crippen molar-refractivity contribution >= 4 is 34.8 Å². The Hall–Kier alpha value is -4.33. The number of rotatable bonds is 8. The van der Waals surface area contributed by atoms with E-state index in [1.807, 2.05) is 85.8 Å². The third-order valence-electron chi connectivity index (χ3n) is 7.06. The molecule has 3 atom stereocenters. The van der Waals surface area contributed by atoms with Gasteiger partial charge in [-0.1, -0.05) is 66.2 Å². The summed E-state index contributed by atoms with van der Waals surface area (Å²) in [5.74, 6) is -0.364. The zero-order valence-corrected chi connectivity index (χ0v) is 22.5. The van der Waals surface area contributed by atoms with Gasteiger partial charge in [0, 0.05) is 5.02 Å². The number of carbonyl (C=O) groups is 2. The van der Waals surface area contributed by atoms with Gasteiger partial charge in [-0.25, -0.2) is 9.96 Å². The fourth-order valence-corrected chi connectivity index (χ4v) is 5.35. The highest BCUT2D eigenvalue weighted by Gasteiger charge is 2.60. The molecule has 0 bridgehead atoms. The fourth-order valence-electron chi connectivity index (χ4n) is 5.23. The summed E-state index contributed by atoms with van der Waals surface area (Å²) in [6.07, 6.45) is -0.974. The van der Waals surface area contributed by atoms with E-state index in [2.05, 4.69) is 0 Å². The molecule has 0 aliphatic carbocycles. The topological polar surface area (TPSA) is 68.3 Å². The van der Waals surface area contributed by atoms with Crippen molar-refractivity contribution in [2.24, 2.45) is 5.92 Å². The maximum atomic E-state index is 13.9. The molecule has 2 aliphatic heterocycles. The van der Waals surface area contributed by atoms with Gasteiger partial charge < -0.3 is 9.47 Å². The first-order chi connectivity index (χ1) is 19.5. The number of amides is 2. The lowest BCUT2D eigenvalue weighted by molar-refractivity contribution is -0.126. The first kappa shape index (κ1) is 25.9. The second-order valence-corrected chi connectivity index (χ2v) is 10.00.